The second-order valence-electron chi connectivity index (χ2n) is 10.8. The van der Waals surface area contributed by atoms with Gasteiger partial charge in [0.25, 0.3) is 0 Å². The van der Waals surface area contributed by atoms with E-state index in [1.165, 1.54) is 0 Å². The standard InChI is InChI=1S/C39H20F3N5O2.2Pt/c40-39(41,42)27-23-45-38(46-24-27)47-36-21-30(48-28-9-5-7-25(19-28)34-11-1-3-17-43-34)13-15-32(36)33-16-14-31(22-37(33)47)49-29-10-6-8-26(20-29)35-12-2-4-18-44-35;;/h1-18,23-24H;;/q-4;2*+2. The van der Waals surface area contributed by atoms with E-state index >= 15 is 0 Å². The van der Waals surface area contributed by atoms with Crippen molar-refractivity contribution in [3.8, 4) is 51.5 Å². The Bertz CT molecular complexity index is 2300. The third kappa shape index (κ3) is 7.48. The Morgan fingerprint density at radius 2 is 0.980 bits per heavy atom. The number of rotatable bonds is 7. The van der Waals surface area contributed by atoms with E-state index in [0.717, 1.165) is 45.7 Å². The van der Waals surface area contributed by atoms with Crippen LogP contribution >= 0.6 is 0 Å². The van der Waals surface area contributed by atoms with E-state index < -0.39 is 11.7 Å². The molecule has 0 aliphatic carbocycles. The summed E-state index contributed by atoms with van der Waals surface area (Å²) in [5.41, 5.74) is 2.93. The number of alkyl halides is 3. The van der Waals surface area contributed by atoms with E-state index in [2.05, 4.69) is 44.2 Å². The molecule has 0 radical (unpaired) electrons. The summed E-state index contributed by atoms with van der Waals surface area (Å²) < 4.78 is 54.1. The Morgan fingerprint density at radius 1 is 0.510 bits per heavy atom. The molecule has 0 aliphatic heterocycles. The third-order valence-electron chi connectivity index (χ3n) is 7.56. The number of hydrogen-bond acceptors (Lipinski definition) is 6. The van der Waals surface area contributed by atoms with E-state index in [-0.39, 0.29) is 48.1 Å². The molecule has 4 aromatic carbocycles. The number of pyridine rings is 2. The van der Waals surface area contributed by atoms with Gasteiger partial charge in [0.15, 0.2) is 0 Å². The van der Waals surface area contributed by atoms with Crippen LogP contribution in [0.4, 0.5) is 13.2 Å². The van der Waals surface area contributed by atoms with E-state index in [9.17, 15) is 13.2 Å². The topological polar surface area (TPSA) is 75.0 Å². The van der Waals surface area contributed by atoms with Gasteiger partial charge in [-0.1, -0.05) is 47.4 Å². The van der Waals surface area contributed by atoms with Gasteiger partial charge in [-0.3, -0.25) is 0 Å². The molecule has 0 aliphatic rings. The largest absolute Gasteiger partial charge is 2.00 e. The van der Waals surface area contributed by atoms with Crippen molar-refractivity contribution in [2.24, 2.45) is 0 Å². The van der Waals surface area contributed by atoms with Crippen LogP contribution in [0.2, 0.25) is 0 Å². The summed E-state index contributed by atoms with van der Waals surface area (Å²) in [4.78, 5) is 16.9. The van der Waals surface area contributed by atoms with Crippen molar-refractivity contribution in [1.29, 1.82) is 0 Å². The fourth-order valence-electron chi connectivity index (χ4n) is 5.32. The minimum atomic E-state index is -4.60. The van der Waals surface area contributed by atoms with Crippen molar-refractivity contribution in [3.63, 3.8) is 0 Å². The molecule has 7 nitrogen and oxygen atoms in total. The number of hydrogen-bond donors (Lipinski definition) is 0. The number of nitrogens with zero attached hydrogens (tertiary/aromatic N) is 5. The van der Waals surface area contributed by atoms with Gasteiger partial charge in [-0.25, -0.2) is 9.97 Å². The molecule has 0 amide bonds. The summed E-state index contributed by atoms with van der Waals surface area (Å²) in [7, 11) is 0. The smallest absolute Gasteiger partial charge is 0.503 e. The molecule has 0 saturated carbocycles. The summed E-state index contributed by atoms with van der Waals surface area (Å²) >= 11 is 0. The maximum atomic E-state index is 13.4. The normalized spacial score (nSPS) is 11.1. The molecule has 8 aromatic rings. The molecule has 12 heteroatoms. The molecule has 0 saturated heterocycles. The van der Waals surface area contributed by atoms with Crippen molar-refractivity contribution in [3.05, 3.63) is 152 Å². The molecule has 0 N–H and O–H groups in total. The van der Waals surface area contributed by atoms with Gasteiger partial charge in [-0.05, 0) is 23.5 Å². The van der Waals surface area contributed by atoms with Crippen LogP contribution in [0, 0.1) is 24.3 Å². The minimum absolute atomic E-state index is 0. The van der Waals surface area contributed by atoms with Crippen LogP contribution in [0.15, 0.2) is 122 Å². The van der Waals surface area contributed by atoms with Crippen LogP contribution in [0.25, 0.3) is 50.3 Å². The van der Waals surface area contributed by atoms with Crippen LogP contribution in [-0.4, -0.2) is 24.5 Å². The molecule has 254 valence electrons. The Kier molecular flexibility index (Phi) is 10.5. The number of benzene rings is 4. The molecular weight excluding hydrogens is 1020 g/mol. The first-order valence-corrected chi connectivity index (χ1v) is 14.9. The SMILES string of the molecule is FC(F)(F)c1cnc(-n2c3[c-]c(Oc4[c-]c(-c5ccccn5)ccc4)ccc3c3ccc(Oc4[c-]c(-c5ccccn5)ccc4)[c-]c32)nc1.[Pt+2].[Pt+2]. The van der Waals surface area contributed by atoms with Crippen LogP contribution in [0.3, 0.4) is 0 Å². The molecule has 0 bridgehead atoms. The fraction of sp³-hybridized carbons (Fsp3) is 0.0256. The molecule has 0 fully saturated rings. The summed E-state index contributed by atoms with van der Waals surface area (Å²) in [5.74, 6) is 1.53. The summed E-state index contributed by atoms with van der Waals surface area (Å²) in [6, 6.07) is 42.3. The maximum absolute atomic E-state index is 13.4. The van der Waals surface area contributed by atoms with Gasteiger partial charge in [-0.2, -0.15) is 36.1 Å². The Hall–Kier alpha value is -5.17. The van der Waals surface area contributed by atoms with Gasteiger partial charge in [0.05, 0.1) is 5.56 Å². The number of ether oxygens (including phenoxy) is 2. The Morgan fingerprint density at radius 3 is 1.41 bits per heavy atom. The predicted octanol–water partition coefficient (Wildman–Crippen LogP) is 9.50. The first-order chi connectivity index (χ1) is 23.9. The molecular formula is C39H20F3N5O2Pt2. The third-order valence-corrected chi connectivity index (χ3v) is 7.56. The van der Waals surface area contributed by atoms with Crippen LogP contribution in [-0.2, 0) is 48.3 Å². The molecule has 4 heterocycles. The monoisotopic (exact) mass is 1040 g/mol. The molecule has 4 aromatic heterocycles. The average molecular weight is 1040 g/mol. The van der Waals surface area contributed by atoms with Gasteiger partial charge in [0.1, 0.15) is 0 Å². The zero-order valence-electron chi connectivity index (χ0n) is 25.9. The van der Waals surface area contributed by atoms with Gasteiger partial charge >= 0.3 is 48.3 Å². The van der Waals surface area contributed by atoms with Crippen molar-refractivity contribution in [2.75, 3.05) is 0 Å². The van der Waals surface area contributed by atoms with E-state index in [4.69, 9.17) is 9.47 Å². The van der Waals surface area contributed by atoms with Gasteiger partial charge in [0.2, 0.25) is 5.95 Å². The maximum Gasteiger partial charge on any atom is 2.00 e. The summed E-state index contributed by atoms with van der Waals surface area (Å²) in [6.45, 7) is 0. The Balaban J connectivity index is 0.00000224. The van der Waals surface area contributed by atoms with E-state index in [1.807, 2.05) is 72.8 Å². The van der Waals surface area contributed by atoms with E-state index in [1.54, 1.807) is 41.2 Å². The van der Waals surface area contributed by atoms with Crippen molar-refractivity contribution >= 4 is 21.8 Å². The van der Waals surface area contributed by atoms with Crippen LogP contribution in [0.1, 0.15) is 5.56 Å². The fourth-order valence-corrected chi connectivity index (χ4v) is 5.32. The second-order valence-corrected chi connectivity index (χ2v) is 10.8. The van der Waals surface area contributed by atoms with Crippen molar-refractivity contribution in [2.45, 2.75) is 6.18 Å². The van der Waals surface area contributed by atoms with Gasteiger partial charge in [-0.15, -0.1) is 71.8 Å². The molecule has 51 heavy (non-hydrogen) atoms. The minimum Gasteiger partial charge on any atom is -0.503 e. The molecule has 8 rings (SSSR count). The zero-order chi connectivity index (χ0) is 33.4. The van der Waals surface area contributed by atoms with E-state index in [0.29, 0.717) is 34.0 Å². The van der Waals surface area contributed by atoms with Crippen LogP contribution in [0.5, 0.6) is 23.0 Å². The van der Waals surface area contributed by atoms with Gasteiger partial charge in [0, 0.05) is 47.8 Å². The first-order valence-electron chi connectivity index (χ1n) is 14.9. The summed E-state index contributed by atoms with van der Waals surface area (Å²) in [6.07, 6.45) is 0.297. The number of fused-ring (bicyclic) bond motifs is 3. The number of halogens is 3. The summed E-state index contributed by atoms with van der Waals surface area (Å²) in [5, 5.41) is 1.45. The van der Waals surface area contributed by atoms with Crippen LogP contribution < -0.4 is 9.47 Å². The zero-order valence-corrected chi connectivity index (χ0v) is 30.4. The second kappa shape index (κ2) is 15.0. The van der Waals surface area contributed by atoms with Crippen molar-refractivity contribution < 1.29 is 64.8 Å². The first kappa shape index (κ1) is 35.6. The Labute approximate surface area is 318 Å². The average Bonchev–Trinajstić information content (AvgIpc) is 3.45. The molecule has 0 unspecified atom stereocenters. The number of aromatic nitrogens is 5. The predicted molar refractivity (Wildman–Crippen MR) is 176 cm³/mol. The molecule has 0 spiro atoms. The van der Waals surface area contributed by atoms with Crippen molar-refractivity contribution in [1.82, 2.24) is 24.5 Å². The van der Waals surface area contributed by atoms with Gasteiger partial charge < -0.3 is 24.0 Å². The molecule has 0 atom stereocenters. The quantitative estimate of drug-likeness (QED) is 0.148.